The lowest BCUT2D eigenvalue weighted by Crippen LogP contribution is -2.71. The first-order valence-corrected chi connectivity index (χ1v) is 9.28. The van der Waals surface area contributed by atoms with Gasteiger partial charge in [0.15, 0.2) is 5.60 Å². The molecule has 1 amide bonds. The molecule has 2 unspecified atom stereocenters. The summed E-state index contributed by atoms with van der Waals surface area (Å²) in [5, 5.41) is 12.4. The van der Waals surface area contributed by atoms with Crippen molar-refractivity contribution in [1.82, 2.24) is 5.32 Å². The Hall–Kier alpha value is -2.16. The number of carbonyl (C=O) groups is 4. The molecular formula is C19H31NO8. The Bertz CT molecular complexity index is 617. The van der Waals surface area contributed by atoms with Crippen molar-refractivity contribution in [3.05, 3.63) is 0 Å². The topological polar surface area (TPSA) is 128 Å². The zero-order chi connectivity index (χ0) is 21.9. The quantitative estimate of drug-likeness (QED) is 0.485. The molecule has 1 fully saturated rings. The molecule has 1 saturated heterocycles. The summed E-state index contributed by atoms with van der Waals surface area (Å²) in [6.07, 6.45) is -0.951. The highest BCUT2D eigenvalue weighted by Gasteiger charge is 2.60. The summed E-state index contributed by atoms with van der Waals surface area (Å²) < 4.78 is 16.6. The highest BCUT2D eigenvalue weighted by Crippen LogP contribution is 2.44. The molecule has 0 spiro atoms. The number of esters is 2. The Kier molecular flexibility index (Phi) is 7.59. The van der Waals surface area contributed by atoms with E-state index in [0.717, 1.165) is 0 Å². The van der Waals surface area contributed by atoms with Crippen molar-refractivity contribution >= 4 is 23.8 Å². The first-order chi connectivity index (χ1) is 12.7. The second-order valence-electron chi connectivity index (χ2n) is 7.89. The number of carbonyl (C=O) groups excluding carboxylic acids is 3. The Morgan fingerprint density at radius 1 is 1.18 bits per heavy atom. The van der Waals surface area contributed by atoms with Crippen LogP contribution in [0.4, 0.5) is 0 Å². The van der Waals surface area contributed by atoms with E-state index in [1.165, 1.54) is 27.7 Å². The first-order valence-electron chi connectivity index (χ1n) is 9.28. The second kappa shape index (κ2) is 8.89. The lowest BCUT2D eigenvalue weighted by molar-refractivity contribution is -0.272. The molecule has 0 aromatic rings. The van der Waals surface area contributed by atoms with Gasteiger partial charge < -0.3 is 24.6 Å². The third-order valence-electron chi connectivity index (χ3n) is 5.30. The molecule has 0 aliphatic carbocycles. The van der Waals surface area contributed by atoms with Crippen LogP contribution in [0.25, 0.3) is 0 Å². The van der Waals surface area contributed by atoms with Crippen molar-refractivity contribution in [1.29, 1.82) is 0 Å². The van der Waals surface area contributed by atoms with Gasteiger partial charge in [0.05, 0.1) is 6.61 Å². The van der Waals surface area contributed by atoms with Crippen LogP contribution in [0.15, 0.2) is 0 Å². The van der Waals surface area contributed by atoms with E-state index in [1.54, 1.807) is 20.8 Å². The van der Waals surface area contributed by atoms with Crippen LogP contribution in [0.3, 0.4) is 0 Å². The highest BCUT2D eigenvalue weighted by atomic mass is 16.6. The summed E-state index contributed by atoms with van der Waals surface area (Å²) >= 11 is 0. The third-order valence-corrected chi connectivity index (χ3v) is 5.30. The zero-order valence-electron chi connectivity index (χ0n) is 17.5. The van der Waals surface area contributed by atoms with E-state index in [9.17, 15) is 24.3 Å². The van der Waals surface area contributed by atoms with Crippen LogP contribution in [0.1, 0.15) is 54.9 Å². The van der Waals surface area contributed by atoms with E-state index in [0.29, 0.717) is 0 Å². The van der Waals surface area contributed by atoms with Gasteiger partial charge >= 0.3 is 17.9 Å². The van der Waals surface area contributed by atoms with Crippen LogP contribution in [-0.2, 0) is 33.4 Å². The Labute approximate surface area is 165 Å². The maximum absolute atomic E-state index is 11.9. The van der Waals surface area contributed by atoms with E-state index < -0.39 is 53.1 Å². The molecule has 0 aromatic carbocycles. The van der Waals surface area contributed by atoms with Crippen molar-refractivity contribution in [2.45, 2.75) is 72.3 Å². The molecule has 1 aliphatic rings. The van der Waals surface area contributed by atoms with Crippen LogP contribution in [-0.4, -0.2) is 53.0 Å². The molecule has 1 rings (SSSR count). The molecule has 2 N–H and O–H groups in total. The van der Waals surface area contributed by atoms with Gasteiger partial charge in [0, 0.05) is 26.7 Å². The molecule has 28 heavy (non-hydrogen) atoms. The van der Waals surface area contributed by atoms with Gasteiger partial charge in [-0.15, -0.1) is 0 Å². The number of hydrogen-bond donors (Lipinski definition) is 2. The number of hydrogen-bond acceptors (Lipinski definition) is 7. The number of amides is 1. The summed E-state index contributed by atoms with van der Waals surface area (Å²) in [7, 11) is 0. The summed E-state index contributed by atoms with van der Waals surface area (Å²) in [5.41, 5.74) is -3.07. The fraction of sp³-hybridized carbons (Fsp3) is 0.789. The number of rotatable bonds is 7. The predicted molar refractivity (Wildman–Crippen MR) is 98.0 cm³/mol. The predicted octanol–water partition coefficient (Wildman–Crippen LogP) is 1.49. The van der Waals surface area contributed by atoms with E-state index >= 15 is 0 Å². The Morgan fingerprint density at radius 2 is 1.75 bits per heavy atom. The van der Waals surface area contributed by atoms with Gasteiger partial charge in [-0.05, 0) is 25.2 Å². The average molecular weight is 401 g/mol. The molecule has 9 heteroatoms. The highest BCUT2D eigenvalue weighted by molar-refractivity contribution is 5.78. The Balaban J connectivity index is 3.41. The van der Waals surface area contributed by atoms with Crippen molar-refractivity contribution in [3.8, 4) is 0 Å². The van der Waals surface area contributed by atoms with Gasteiger partial charge in [-0.3, -0.25) is 14.4 Å². The minimum Gasteiger partial charge on any atom is -0.479 e. The smallest absolute Gasteiger partial charge is 0.335 e. The first kappa shape index (κ1) is 23.9. The van der Waals surface area contributed by atoms with Gasteiger partial charge in [0.1, 0.15) is 6.10 Å². The molecule has 160 valence electrons. The monoisotopic (exact) mass is 401 g/mol. The zero-order valence-corrected chi connectivity index (χ0v) is 17.5. The Morgan fingerprint density at radius 3 is 2.18 bits per heavy atom. The molecule has 9 nitrogen and oxygen atoms in total. The van der Waals surface area contributed by atoms with E-state index in [4.69, 9.17) is 14.2 Å². The van der Waals surface area contributed by atoms with Crippen LogP contribution in [0.5, 0.6) is 0 Å². The maximum Gasteiger partial charge on any atom is 0.335 e. The molecule has 6 atom stereocenters. The number of aliphatic carboxylic acids is 1. The lowest BCUT2D eigenvalue weighted by Gasteiger charge is -2.53. The molecule has 1 aliphatic heterocycles. The van der Waals surface area contributed by atoms with Crippen LogP contribution >= 0.6 is 0 Å². The summed E-state index contributed by atoms with van der Waals surface area (Å²) in [4.78, 5) is 46.8. The minimum atomic E-state index is -1.55. The lowest BCUT2D eigenvalue weighted by atomic mass is 9.73. The minimum absolute atomic E-state index is 0.0252. The van der Waals surface area contributed by atoms with Crippen molar-refractivity contribution in [3.63, 3.8) is 0 Å². The average Bonchev–Trinajstić information content (AvgIpc) is 2.54. The van der Waals surface area contributed by atoms with Gasteiger partial charge in [0.2, 0.25) is 11.6 Å². The molecule has 1 heterocycles. The van der Waals surface area contributed by atoms with Gasteiger partial charge in [-0.2, -0.15) is 0 Å². The number of carboxylic acids is 1. The SMILES string of the molecule is CC(=O)N[C@@]1(OC(C)=O)C(C)C[C@@](C)(C(=O)O)OC1[C@@H](C)[C@@H](C)COC(C)=O. The van der Waals surface area contributed by atoms with Gasteiger partial charge in [0.25, 0.3) is 0 Å². The summed E-state index contributed by atoms with van der Waals surface area (Å²) in [6, 6.07) is 0. The summed E-state index contributed by atoms with van der Waals surface area (Å²) in [6.45, 7) is 10.6. The fourth-order valence-corrected chi connectivity index (χ4v) is 3.66. The second-order valence-corrected chi connectivity index (χ2v) is 7.89. The van der Waals surface area contributed by atoms with E-state index in [2.05, 4.69) is 5.32 Å². The molecule has 0 aromatic heterocycles. The molecule has 0 radical (unpaired) electrons. The number of carboxylic acid groups (broad SMARTS) is 1. The van der Waals surface area contributed by atoms with Crippen LogP contribution < -0.4 is 5.32 Å². The van der Waals surface area contributed by atoms with Gasteiger partial charge in [-0.25, -0.2) is 4.79 Å². The maximum atomic E-state index is 11.9. The molecule has 0 bridgehead atoms. The van der Waals surface area contributed by atoms with Crippen molar-refractivity contribution in [2.24, 2.45) is 17.8 Å². The molecular weight excluding hydrogens is 370 g/mol. The third kappa shape index (κ3) is 5.21. The number of ether oxygens (including phenoxy) is 3. The van der Waals surface area contributed by atoms with Gasteiger partial charge in [-0.1, -0.05) is 20.8 Å². The van der Waals surface area contributed by atoms with E-state index in [-0.39, 0.29) is 18.9 Å². The van der Waals surface area contributed by atoms with Crippen molar-refractivity contribution < 1.29 is 38.5 Å². The van der Waals surface area contributed by atoms with Crippen LogP contribution in [0.2, 0.25) is 0 Å². The van der Waals surface area contributed by atoms with Crippen molar-refractivity contribution in [2.75, 3.05) is 6.61 Å². The van der Waals surface area contributed by atoms with Crippen LogP contribution in [0, 0.1) is 17.8 Å². The normalized spacial score (nSPS) is 32.0. The summed E-state index contributed by atoms with van der Waals surface area (Å²) in [5.74, 6) is -3.91. The molecule has 0 saturated carbocycles. The number of nitrogens with one attached hydrogen (secondary N) is 1. The largest absolute Gasteiger partial charge is 0.479 e. The fourth-order valence-electron chi connectivity index (χ4n) is 3.66. The standard InChI is InChI=1S/C19H31NO8/c1-10(9-26-14(5)22)12(3)16-19(20-13(4)21,27-15(6)23)11(2)8-18(7,28-16)17(24)25/h10-12,16H,8-9H2,1-7H3,(H,20,21)(H,24,25)/t10-,11?,12-,16?,18-,19+/m0/s1. The van der Waals surface area contributed by atoms with E-state index in [1.807, 2.05) is 0 Å².